The van der Waals surface area contributed by atoms with Crippen molar-refractivity contribution in [2.24, 2.45) is 0 Å². The van der Waals surface area contributed by atoms with Gasteiger partial charge in [0.15, 0.2) is 0 Å². The minimum Gasteiger partial charge on any atom is -0.462 e. The molecule has 7 heteroatoms. The highest BCUT2D eigenvalue weighted by Gasteiger charge is 2.27. The van der Waals surface area contributed by atoms with Crippen molar-refractivity contribution in [2.75, 3.05) is 38.7 Å². The van der Waals surface area contributed by atoms with Gasteiger partial charge in [0, 0.05) is 19.1 Å². The van der Waals surface area contributed by atoms with Crippen LogP contribution >= 0.6 is 11.3 Å². The highest BCUT2D eigenvalue weighted by molar-refractivity contribution is 7.20. The molecule has 0 spiro atoms. The van der Waals surface area contributed by atoms with Gasteiger partial charge in [-0.1, -0.05) is 0 Å². The topological polar surface area (TPSA) is 58.6 Å². The Morgan fingerprint density at radius 2 is 2.12 bits per heavy atom. The van der Waals surface area contributed by atoms with Crippen LogP contribution in [0.2, 0.25) is 0 Å². The Bertz CT molecular complexity index is 787. The van der Waals surface area contributed by atoms with Gasteiger partial charge in [-0.3, -0.25) is 0 Å². The Balaban J connectivity index is 2.07. The van der Waals surface area contributed by atoms with Crippen LogP contribution in [0.1, 0.15) is 40.8 Å². The zero-order valence-corrected chi connectivity index (χ0v) is 16.4. The molecule has 2 aromatic rings. The molecule has 1 atom stereocenters. The minimum atomic E-state index is -0.267. The Hall–Kier alpha value is -1.73. The number of fused-ring (bicyclic) bond motifs is 1. The third-order valence-electron chi connectivity index (χ3n) is 4.77. The van der Waals surface area contributed by atoms with Crippen LogP contribution in [0.15, 0.2) is 0 Å². The molecule has 0 aliphatic carbocycles. The maximum Gasteiger partial charge on any atom is 0.348 e. The zero-order chi connectivity index (χ0) is 18.1. The van der Waals surface area contributed by atoms with E-state index in [9.17, 15) is 4.79 Å². The van der Waals surface area contributed by atoms with E-state index in [1.165, 1.54) is 17.8 Å². The lowest BCUT2D eigenvalue weighted by atomic mass is 10.0. The van der Waals surface area contributed by atoms with Crippen molar-refractivity contribution in [3.8, 4) is 0 Å². The molecule has 3 heterocycles. The number of thiophene rings is 1. The summed E-state index contributed by atoms with van der Waals surface area (Å²) in [6.45, 7) is 8.02. The van der Waals surface area contributed by atoms with Gasteiger partial charge in [-0.25, -0.2) is 14.8 Å². The quantitative estimate of drug-likeness (QED) is 0.779. The van der Waals surface area contributed by atoms with Crippen molar-refractivity contribution in [3.63, 3.8) is 0 Å². The summed E-state index contributed by atoms with van der Waals surface area (Å²) in [5.41, 5.74) is 0.931. The maximum atomic E-state index is 12.3. The molecule has 0 bridgehead atoms. The summed E-state index contributed by atoms with van der Waals surface area (Å²) in [6.07, 6.45) is 2.34. The van der Waals surface area contributed by atoms with Gasteiger partial charge >= 0.3 is 5.97 Å². The van der Waals surface area contributed by atoms with Crippen molar-refractivity contribution in [1.82, 2.24) is 14.9 Å². The summed E-state index contributed by atoms with van der Waals surface area (Å²) in [7, 11) is 4.26. The molecular formula is C18H26N4O2S. The Morgan fingerprint density at radius 1 is 1.36 bits per heavy atom. The summed E-state index contributed by atoms with van der Waals surface area (Å²) in [5, 5.41) is 0.998. The zero-order valence-electron chi connectivity index (χ0n) is 15.6. The predicted octanol–water partition coefficient (Wildman–Crippen LogP) is 3.02. The molecule has 0 N–H and O–H groups in total. The fraction of sp³-hybridized carbons (Fsp3) is 0.611. The number of nitrogens with zero attached hydrogens (tertiary/aromatic N) is 4. The molecule has 6 nitrogen and oxygen atoms in total. The van der Waals surface area contributed by atoms with Crippen LogP contribution in [0.3, 0.4) is 0 Å². The highest BCUT2D eigenvalue weighted by atomic mass is 32.1. The van der Waals surface area contributed by atoms with Crippen LogP contribution in [0.5, 0.6) is 0 Å². The Morgan fingerprint density at radius 3 is 2.80 bits per heavy atom. The molecule has 1 aliphatic heterocycles. The first-order valence-electron chi connectivity index (χ1n) is 8.78. The summed E-state index contributed by atoms with van der Waals surface area (Å²) in [4.78, 5) is 27.7. The van der Waals surface area contributed by atoms with E-state index in [-0.39, 0.29) is 5.97 Å². The Labute approximate surface area is 152 Å². The van der Waals surface area contributed by atoms with Gasteiger partial charge in [0.2, 0.25) is 0 Å². The molecule has 1 fully saturated rings. The van der Waals surface area contributed by atoms with E-state index in [0.29, 0.717) is 17.5 Å². The molecule has 1 saturated heterocycles. The van der Waals surface area contributed by atoms with Gasteiger partial charge in [-0.05, 0) is 53.3 Å². The molecular weight excluding hydrogens is 336 g/mol. The second-order valence-corrected chi connectivity index (χ2v) is 7.76. The van der Waals surface area contributed by atoms with E-state index in [0.717, 1.165) is 46.9 Å². The lowest BCUT2D eigenvalue weighted by Gasteiger charge is -2.37. The fourth-order valence-corrected chi connectivity index (χ4v) is 4.53. The van der Waals surface area contributed by atoms with E-state index >= 15 is 0 Å². The van der Waals surface area contributed by atoms with Crippen molar-refractivity contribution < 1.29 is 9.53 Å². The normalized spacial score (nSPS) is 18.2. The first kappa shape index (κ1) is 18.1. The average Bonchev–Trinajstić information content (AvgIpc) is 2.91. The number of hydrogen-bond donors (Lipinski definition) is 0. The van der Waals surface area contributed by atoms with Gasteiger partial charge in [0.25, 0.3) is 0 Å². The number of carbonyl (C=O) groups excluding carboxylic acids is 1. The van der Waals surface area contributed by atoms with Crippen LogP contribution in [-0.2, 0) is 4.74 Å². The number of piperidine rings is 1. The maximum absolute atomic E-state index is 12.3. The predicted molar refractivity (Wildman–Crippen MR) is 102 cm³/mol. The number of ether oxygens (including phenoxy) is 1. The van der Waals surface area contributed by atoms with Gasteiger partial charge in [-0.15, -0.1) is 11.3 Å². The van der Waals surface area contributed by atoms with Gasteiger partial charge in [0.05, 0.1) is 12.0 Å². The third-order valence-corrected chi connectivity index (χ3v) is 5.94. The monoisotopic (exact) mass is 362 g/mol. The molecule has 0 radical (unpaired) electrons. The number of aryl methyl sites for hydroxylation is 2. The van der Waals surface area contributed by atoms with Gasteiger partial charge in [-0.2, -0.15) is 0 Å². The SMILES string of the molecule is CCOC(=O)c1sc2nc(C)nc(N3CCCC(N(C)C)C3)c2c1C. The Kier molecular flexibility index (Phi) is 5.24. The van der Waals surface area contributed by atoms with E-state index in [4.69, 9.17) is 9.72 Å². The van der Waals surface area contributed by atoms with E-state index < -0.39 is 0 Å². The van der Waals surface area contributed by atoms with Crippen molar-refractivity contribution in [3.05, 3.63) is 16.3 Å². The molecule has 3 rings (SSSR count). The van der Waals surface area contributed by atoms with Gasteiger partial charge < -0.3 is 14.5 Å². The third kappa shape index (κ3) is 3.48. The van der Waals surface area contributed by atoms with Crippen LogP contribution in [0.4, 0.5) is 5.82 Å². The molecule has 1 unspecified atom stereocenters. The van der Waals surface area contributed by atoms with Gasteiger partial charge in [0.1, 0.15) is 21.3 Å². The summed E-state index contributed by atoms with van der Waals surface area (Å²) in [5.74, 6) is 1.43. The van der Waals surface area contributed by atoms with Crippen LogP contribution in [-0.4, -0.2) is 60.7 Å². The number of hydrogen-bond acceptors (Lipinski definition) is 7. The van der Waals surface area contributed by atoms with Crippen LogP contribution in [0, 0.1) is 13.8 Å². The highest BCUT2D eigenvalue weighted by Crippen LogP contribution is 2.36. The van der Waals surface area contributed by atoms with Crippen LogP contribution in [0.25, 0.3) is 10.2 Å². The average molecular weight is 362 g/mol. The number of carbonyl (C=O) groups is 1. The molecule has 136 valence electrons. The largest absolute Gasteiger partial charge is 0.462 e. The van der Waals surface area contributed by atoms with E-state index in [1.807, 2.05) is 20.8 Å². The number of rotatable bonds is 4. The summed E-state index contributed by atoms with van der Waals surface area (Å²) in [6, 6.07) is 0.516. The fourth-order valence-electron chi connectivity index (χ4n) is 3.41. The standard InChI is InChI=1S/C18H26N4O2S/c1-6-24-18(23)15-11(2)14-16(19-12(3)20-17(14)25-15)22-9-7-8-13(10-22)21(4)5/h13H,6-10H2,1-5H3. The second-order valence-electron chi connectivity index (χ2n) is 6.76. The van der Waals surface area contributed by atoms with Crippen molar-refractivity contribution in [1.29, 1.82) is 0 Å². The first-order valence-corrected chi connectivity index (χ1v) is 9.60. The van der Waals surface area contributed by atoms with Crippen molar-refractivity contribution in [2.45, 2.75) is 39.7 Å². The van der Waals surface area contributed by atoms with E-state index in [2.05, 4.69) is 28.9 Å². The number of likely N-dealkylation sites (N-methyl/N-ethyl adjacent to an activating group) is 1. The lowest BCUT2D eigenvalue weighted by Crippen LogP contribution is -2.45. The lowest BCUT2D eigenvalue weighted by molar-refractivity contribution is 0.0531. The minimum absolute atomic E-state index is 0.267. The number of anilines is 1. The summed E-state index contributed by atoms with van der Waals surface area (Å²) < 4.78 is 5.21. The van der Waals surface area contributed by atoms with E-state index in [1.54, 1.807) is 0 Å². The van der Waals surface area contributed by atoms with Crippen molar-refractivity contribution >= 4 is 33.3 Å². The summed E-state index contributed by atoms with van der Waals surface area (Å²) >= 11 is 1.41. The molecule has 0 saturated carbocycles. The molecule has 25 heavy (non-hydrogen) atoms. The molecule has 0 amide bonds. The smallest absolute Gasteiger partial charge is 0.348 e. The molecule has 0 aromatic carbocycles. The second kappa shape index (κ2) is 7.25. The number of esters is 1. The molecule has 2 aromatic heterocycles. The van der Waals surface area contributed by atoms with Crippen LogP contribution < -0.4 is 4.90 Å². The first-order chi connectivity index (χ1) is 11.9. The molecule has 1 aliphatic rings. The number of aromatic nitrogens is 2.